The van der Waals surface area contributed by atoms with Crippen molar-refractivity contribution in [3.63, 3.8) is 0 Å². The number of nitro groups is 1. The molecule has 6 nitrogen and oxygen atoms in total. The van der Waals surface area contributed by atoms with Crippen molar-refractivity contribution in [2.24, 2.45) is 5.41 Å². The second-order valence-electron chi connectivity index (χ2n) is 5.15. The highest BCUT2D eigenvalue weighted by Gasteiger charge is 2.32. The van der Waals surface area contributed by atoms with Crippen LogP contribution >= 0.6 is 12.6 Å². The van der Waals surface area contributed by atoms with Crippen LogP contribution in [-0.2, 0) is 4.74 Å². The van der Waals surface area contributed by atoms with E-state index < -0.39 is 4.92 Å². The molecule has 1 aliphatic rings. The van der Waals surface area contributed by atoms with Crippen molar-refractivity contribution in [3.05, 3.63) is 28.3 Å². The minimum atomic E-state index is -0.458. The van der Waals surface area contributed by atoms with Crippen LogP contribution in [0.3, 0.4) is 0 Å². The van der Waals surface area contributed by atoms with Gasteiger partial charge < -0.3 is 14.2 Å². The predicted molar refractivity (Wildman–Crippen MR) is 81.5 cm³/mol. The first-order valence-electron chi connectivity index (χ1n) is 6.74. The van der Waals surface area contributed by atoms with Crippen LogP contribution in [0.25, 0.3) is 0 Å². The zero-order valence-corrected chi connectivity index (χ0v) is 12.8. The summed E-state index contributed by atoms with van der Waals surface area (Å²) in [5.41, 5.74) is -0.0390. The topological polar surface area (TPSA) is 70.8 Å². The van der Waals surface area contributed by atoms with Crippen LogP contribution in [0.5, 0.6) is 11.5 Å². The average Bonchev–Trinajstić information content (AvgIpc) is 2.53. The first-order chi connectivity index (χ1) is 10.1. The fourth-order valence-corrected chi connectivity index (χ4v) is 2.68. The van der Waals surface area contributed by atoms with Crippen molar-refractivity contribution in [2.75, 3.05) is 32.7 Å². The number of hydrogen-bond acceptors (Lipinski definition) is 6. The summed E-state index contributed by atoms with van der Waals surface area (Å²) in [6.07, 6.45) is 1.79. The van der Waals surface area contributed by atoms with Crippen LogP contribution in [0.2, 0.25) is 0 Å². The molecular weight excluding hydrogens is 294 g/mol. The number of nitrogens with zero attached hydrogens (tertiary/aromatic N) is 1. The number of thiol groups is 1. The van der Waals surface area contributed by atoms with Crippen molar-refractivity contribution >= 4 is 18.3 Å². The molecule has 1 saturated heterocycles. The van der Waals surface area contributed by atoms with Gasteiger partial charge in [0, 0.05) is 24.7 Å². The van der Waals surface area contributed by atoms with E-state index in [0.29, 0.717) is 37.1 Å². The van der Waals surface area contributed by atoms with Crippen LogP contribution in [0.4, 0.5) is 5.69 Å². The molecule has 0 bridgehead atoms. The van der Waals surface area contributed by atoms with Gasteiger partial charge in [0.25, 0.3) is 5.69 Å². The summed E-state index contributed by atoms with van der Waals surface area (Å²) < 4.78 is 16.4. The fourth-order valence-electron chi connectivity index (χ4n) is 2.27. The van der Waals surface area contributed by atoms with Crippen LogP contribution in [-0.4, -0.2) is 37.6 Å². The molecule has 0 aromatic heterocycles. The van der Waals surface area contributed by atoms with E-state index in [4.69, 9.17) is 14.2 Å². The molecule has 0 amide bonds. The van der Waals surface area contributed by atoms with E-state index in [0.717, 1.165) is 12.8 Å². The van der Waals surface area contributed by atoms with E-state index in [2.05, 4.69) is 12.6 Å². The largest absolute Gasteiger partial charge is 0.493 e. The Morgan fingerprint density at radius 1 is 1.38 bits per heavy atom. The first-order valence-corrected chi connectivity index (χ1v) is 7.37. The Balaban J connectivity index is 2.10. The zero-order valence-electron chi connectivity index (χ0n) is 11.9. The van der Waals surface area contributed by atoms with Gasteiger partial charge in [0.15, 0.2) is 11.5 Å². The maximum Gasteiger partial charge on any atom is 0.273 e. The molecule has 0 radical (unpaired) electrons. The van der Waals surface area contributed by atoms with Gasteiger partial charge in [-0.05, 0) is 24.7 Å². The average molecular weight is 313 g/mol. The summed E-state index contributed by atoms with van der Waals surface area (Å²) in [6, 6.07) is 4.35. The number of rotatable bonds is 6. The zero-order chi connectivity index (χ0) is 15.3. The van der Waals surface area contributed by atoms with E-state index >= 15 is 0 Å². The number of non-ortho nitro benzene ring substituents is 1. The highest BCUT2D eigenvalue weighted by Crippen LogP contribution is 2.36. The molecule has 0 aliphatic carbocycles. The van der Waals surface area contributed by atoms with Crippen molar-refractivity contribution in [3.8, 4) is 11.5 Å². The predicted octanol–water partition coefficient (Wildman–Crippen LogP) is 2.71. The van der Waals surface area contributed by atoms with Gasteiger partial charge in [-0.1, -0.05) is 0 Å². The SMILES string of the molecule is COc1cc([N+](=O)[O-])ccc1OCC1(CS)CCOCC1. The van der Waals surface area contributed by atoms with Crippen LogP contribution in [0, 0.1) is 15.5 Å². The van der Waals surface area contributed by atoms with Gasteiger partial charge in [-0.25, -0.2) is 0 Å². The number of methoxy groups -OCH3 is 1. The third-order valence-corrected chi connectivity index (χ3v) is 4.45. The molecule has 21 heavy (non-hydrogen) atoms. The van der Waals surface area contributed by atoms with Crippen LogP contribution in [0.1, 0.15) is 12.8 Å². The van der Waals surface area contributed by atoms with Gasteiger partial charge in [-0.2, -0.15) is 12.6 Å². The minimum Gasteiger partial charge on any atom is -0.493 e. The molecule has 1 aromatic carbocycles. The summed E-state index contributed by atoms with van der Waals surface area (Å²) in [5.74, 6) is 1.59. The van der Waals surface area contributed by atoms with Gasteiger partial charge in [0.2, 0.25) is 0 Å². The Morgan fingerprint density at radius 3 is 2.67 bits per heavy atom. The Hall–Kier alpha value is -1.47. The van der Waals surface area contributed by atoms with Gasteiger partial charge in [-0.3, -0.25) is 10.1 Å². The summed E-state index contributed by atoms with van der Waals surface area (Å²) in [7, 11) is 1.47. The lowest BCUT2D eigenvalue weighted by Gasteiger charge is -2.35. The fraction of sp³-hybridized carbons (Fsp3) is 0.571. The molecule has 1 heterocycles. The van der Waals surface area contributed by atoms with Crippen molar-refractivity contribution in [1.82, 2.24) is 0 Å². The molecule has 7 heteroatoms. The molecule has 0 unspecified atom stereocenters. The highest BCUT2D eigenvalue weighted by molar-refractivity contribution is 7.80. The minimum absolute atomic E-state index is 0.0193. The van der Waals surface area contributed by atoms with Crippen LogP contribution in [0.15, 0.2) is 18.2 Å². The summed E-state index contributed by atoms with van der Waals surface area (Å²) in [4.78, 5) is 10.3. The third-order valence-electron chi connectivity index (χ3n) is 3.78. The molecule has 0 N–H and O–H groups in total. The second kappa shape index (κ2) is 7.00. The maximum atomic E-state index is 10.8. The standard InChI is InChI=1S/C14H19NO5S/c1-18-13-8-11(15(16)17)2-3-12(13)20-9-14(10-21)4-6-19-7-5-14/h2-3,8,21H,4-7,9-10H2,1H3. The Bertz CT molecular complexity index is 502. The summed E-state index contributed by atoms with van der Waals surface area (Å²) in [6.45, 7) is 1.91. The lowest BCUT2D eigenvalue weighted by Crippen LogP contribution is -2.36. The van der Waals surface area contributed by atoms with Crippen LogP contribution < -0.4 is 9.47 Å². The molecule has 2 rings (SSSR count). The summed E-state index contributed by atoms with van der Waals surface area (Å²) in [5, 5.41) is 10.8. The molecule has 1 fully saturated rings. The number of benzene rings is 1. The van der Waals surface area contributed by atoms with Gasteiger partial charge >= 0.3 is 0 Å². The maximum absolute atomic E-state index is 10.8. The molecule has 0 spiro atoms. The van der Waals surface area contributed by atoms with E-state index in [1.54, 1.807) is 6.07 Å². The normalized spacial score (nSPS) is 17.2. The van der Waals surface area contributed by atoms with E-state index in [1.165, 1.54) is 19.2 Å². The van der Waals surface area contributed by atoms with Crippen molar-refractivity contribution in [2.45, 2.75) is 12.8 Å². The molecular formula is C14H19NO5S. The Morgan fingerprint density at radius 2 is 2.10 bits per heavy atom. The van der Waals surface area contributed by atoms with E-state index in [-0.39, 0.29) is 11.1 Å². The summed E-state index contributed by atoms with van der Waals surface area (Å²) >= 11 is 4.43. The Labute approximate surface area is 128 Å². The molecule has 1 aliphatic heterocycles. The number of nitro benzene ring substituents is 1. The molecule has 0 saturated carbocycles. The number of hydrogen-bond donors (Lipinski definition) is 1. The molecule has 116 valence electrons. The Kier molecular flexibility index (Phi) is 5.30. The highest BCUT2D eigenvalue weighted by atomic mass is 32.1. The van der Waals surface area contributed by atoms with Gasteiger partial charge in [0.1, 0.15) is 0 Å². The molecule has 1 aromatic rings. The quantitative estimate of drug-likeness (QED) is 0.497. The van der Waals surface area contributed by atoms with Gasteiger partial charge in [0.05, 0.1) is 24.7 Å². The first kappa shape index (κ1) is 15.9. The lowest BCUT2D eigenvalue weighted by atomic mass is 9.83. The second-order valence-corrected chi connectivity index (χ2v) is 5.47. The third kappa shape index (κ3) is 3.79. The van der Waals surface area contributed by atoms with E-state index in [9.17, 15) is 10.1 Å². The van der Waals surface area contributed by atoms with Crippen molar-refractivity contribution < 1.29 is 19.1 Å². The number of ether oxygens (including phenoxy) is 3. The van der Waals surface area contributed by atoms with Gasteiger partial charge in [-0.15, -0.1) is 0 Å². The lowest BCUT2D eigenvalue weighted by molar-refractivity contribution is -0.385. The van der Waals surface area contributed by atoms with Crippen molar-refractivity contribution in [1.29, 1.82) is 0 Å². The smallest absolute Gasteiger partial charge is 0.273 e. The molecule has 0 atom stereocenters. The van der Waals surface area contributed by atoms with E-state index in [1.807, 2.05) is 0 Å². The monoisotopic (exact) mass is 313 g/mol.